The summed E-state index contributed by atoms with van der Waals surface area (Å²) in [6, 6.07) is 20.5. The molecule has 0 aliphatic carbocycles. The molecule has 2 atom stereocenters. The van der Waals surface area contributed by atoms with Crippen molar-refractivity contribution >= 4 is 35.4 Å². The Morgan fingerprint density at radius 1 is 1.00 bits per heavy atom. The normalized spacial score (nSPS) is 17.2. The molecular weight excluding hydrogens is 454 g/mol. The first-order chi connectivity index (χ1) is 16.5. The third kappa shape index (κ3) is 5.37. The fourth-order valence-electron chi connectivity index (χ4n) is 3.72. The van der Waals surface area contributed by atoms with Gasteiger partial charge in [-0.25, -0.2) is 4.79 Å². The van der Waals surface area contributed by atoms with Crippen LogP contribution in [-0.4, -0.2) is 51.3 Å². The van der Waals surface area contributed by atoms with E-state index in [0.29, 0.717) is 11.4 Å². The molecule has 1 aliphatic heterocycles. The fourth-order valence-corrected chi connectivity index (χ4v) is 5.13. The van der Waals surface area contributed by atoms with Crippen molar-refractivity contribution in [1.82, 2.24) is 9.88 Å². The molecule has 4 rings (SSSR count). The van der Waals surface area contributed by atoms with Crippen LogP contribution in [0.2, 0.25) is 0 Å². The van der Waals surface area contributed by atoms with Crippen LogP contribution in [0.4, 0.5) is 10.5 Å². The molecule has 1 fully saturated rings. The molecule has 34 heavy (non-hydrogen) atoms. The largest absolute Gasteiger partial charge is 0.480 e. The summed E-state index contributed by atoms with van der Waals surface area (Å²) < 4.78 is 5.58. The topological polar surface area (TPSA) is 100 Å². The summed E-state index contributed by atoms with van der Waals surface area (Å²) in [5, 5.41) is 8.97. The second kappa shape index (κ2) is 10.8. The Kier molecular flexibility index (Phi) is 7.44. The molecule has 2 unspecified atom stereocenters. The SMILES string of the molecule is O=C(O)CN(C(=O)C1CSC(c2ccncc2)N1C(=O)OCc1ccccc1)c1ccccc1. The van der Waals surface area contributed by atoms with Crippen molar-refractivity contribution in [3.63, 3.8) is 0 Å². The Balaban J connectivity index is 1.62. The summed E-state index contributed by atoms with van der Waals surface area (Å²) in [6.07, 6.45) is 2.61. The van der Waals surface area contributed by atoms with E-state index in [9.17, 15) is 19.5 Å². The van der Waals surface area contributed by atoms with Gasteiger partial charge >= 0.3 is 12.1 Å². The van der Waals surface area contributed by atoms with Gasteiger partial charge in [0.05, 0.1) is 0 Å². The Morgan fingerprint density at radius 2 is 1.65 bits per heavy atom. The van der Waals surface area contributed by atoms with E-state index < -0.39 is 35.9 Å². The summed E-state index contributed by atoms with van der Waals surface area (Å²) in [7, 11) is 0. The molecule has 0 radical (unpaired) electrons. The molecule has 0 bridgehead atoms. The van der Waals surface area contributed by atoms with Crippen LogP contribution in [0.25, 0.3) is 0 Å². The van der Waals surface area contributed by atoms with E-state index in [4.69, 9.17) is 4.74 Å². The van der Waals surface area contributed by atoms with Crippen LogP contribution in [0.15, 0.2) is 85.2 Å². The minimum absolute atomic E-state index is 0.0579. The van der Waals surface area contributed by atoms with Gasteiger partial charge in [-0.3, -0.25) is 24.4 Å². The second-order valence-electron chi connectivity index (χ2n) is 7.58. The van der Waals surface area contributed by atoms with Crippen LogP contribution in [0, 0.1) is 0 Å². The number of carboxylic acid groups (broad SMARTS) is 1. The summed E-state index contributed by atoms with van der Waals surface area (Å²) in [5.74, 6) is -1.32. The molecule has 8 nitrogen and oxygen atoms in total. The zero-order valence-electron chi connectivity index (χ0n) is 18.2. The maximum atomic E-state index is 13.6. The van der Waals surface area contributed by atoms with E-state index in [1.165, 1.54) is 21.6 Å². The summed E-state index contributed by atoms with van der Waals surface area (Å²) in [4.78, 5) is 45.1. The quantitative estimate of drug-likeness (QED) is 0.550. The number of hydrogen-bond donors (Lipinski definition) is 1. The third-order valence-electron chi connectivity index (χ3n) is 5.32. The predicted octanol–water partition coefficient (Wildman–Crippen LogP) is 3.95. The van der Waals surface area contributed by atoms with Crippen molar-refractivity contribution in [3.05, 3.63) is 96.3 Å². The summed E-state index contributed by atoms with van der Waals surface area (Å²) in [5.41, 5.74) is 2.07. The molecule has 9 heteroatoms. The number of para-hydroxylation sites is 1. The van der Waals surface area contributed by atoms with Crippen LogP contribution in [0.5, 0.6) is 0 Å². The lowest BCUT2D eigenvalue weighted by Gasteiger charge is -2.31. The minimum atomic E-state index is -1.15. The number of aromatic nitrogens is 1. The summed E-state index contributed by atoms with van der Waals surface area (Å²) >= 11 is 1.42. The van der Waals surface area contributed by atoms with Crippen molar-refractivity contribution in [2.24, 2.45) is 0 Å². The van der Waals surface area contributed by atoms with Crippen molar-refractivity contribution in [2.75, 3.05) is 17.2 Å². The predicted molar refractivity (Wildman–Crippen MR) is 128 cm³/mol. The van der Waals surface area contributed by atoms with Gasteiger partial charge < -0.3 is 9.84 Å². The molecule has 1 aliphatic rings. The minimum Gasteiger partial charge on any atom is -0.480 e. The van der Waals surface area contributed by atoms with Gasteiger partial charge in [-0.1, -0.05) is 48.5 Å². The molecule has 1 saturated heterocycles. The number of pyridine rings is 1. The van der Waals surface area contributed by atoms with E-state index in [-0.39, 0.29) is 6.61 Å². The molecule has 1 aromatic heterocycles. The molecular formula is C25H23N3O5S. The van der Waals surface area contributed by atoms with Crippen LogP contribution in [0.1, 0.15) is 16.5 Å². The highest BCUT2D eigenvalue weighted by Crippen LogP contribution is 2.42. The smallest absolute Gasteiger partial charge is 0.412 e. The number of amides is 2. The molecule has 0 spiro atoms. The number of rotatable bonds is 7. The average Bonchev–Trinajstić information content (AvgIpc) is 3.32. The van der Waals surface area contributed by atoms with E-state index in [0.717, 1.165) is 11.1 Å². The highest BCUT2D eigenvalue weighted by atomic mass is 32.2. The van der Waals surface area contributed by atoms with E-state index in [2.05, 4.69) is 4.98 Å². The number of anilines is 1. The van der Waals surface area contributed by atoms with Crippen molar-refractivity contribution in [1.29, 1.82) is 0 Å². The van der Waals surface area contributed by atoms with E-state index in [1.54, 1.807) is 54.9 Å². The van der Waals surface area contributed by atoms with Gasteiger partial charge in [0.1, 0.15) is 24.6 Å². The van der Waals surface area contributed by atoms with Crippen LogP contribution < -0.4 is 4.90 Å². The molecule has 3 aromatic rings. The zero-order chi connectivity index (χ0) is 23.9. The van der Waals surface area contributed by atoms with Crippen LogP contribution in [0.3, 0.4) is 0 Å². The number of carbonyl (C=O) groups excluding carboxylic acids is 2. The lowest BCUT2D eigenvalue weighted by Crippen LogP contribution is -2.51. The first-order valence-corrected chi connectivity index (χ1v) is 11.7. The number of ether oxygens (including phenoxy) is 1. The molecule has 2 heterocycles. The zero-order valence-corrected chi connectivity index (χ0v) is 19.0. The number of hydrogen-bond acceptors (Lipinski definition) is 6. The number of carbonyl (C=O) groups is 3. The first kappa shape index (κ1) is 23.3. The van der Waals surface area contributed by atoms with Gasteiger partial charge in [0.25, 0.3) is 5.91 Å². The van der Waals surface area contributed by atoms with Gasteiger partial charge in [-0.05, 0) is 35.4 Å². The van der Waals surface area contributed by atoms with Gasteiger partial charge in [0.15, 0.2) is 0 Å². The van der Waals surface area contributed by atoms with Crippen LogP contribution >= 0.6 is 11.8 Å². The maximum absolute atomic E-state index is 13.6. The first-order valence-electron chi connectivity index (χ1n) is 10.6. The number of aliphatic carboxylic acids is 1. The highest BCUT2D eigenvalue weighted by Gasteiger charge is 2.45. The lowest BCUT2D eigenvalue weighted by atomic mass is 10.1. The Hall–Kier alpha value is -3.85. The number of nitrogens with zero attached hydrogens (tertiary/aromatic N) is 3. The Morgan fingerprint density at radius 3 is 2.29 bits per heavy atom. The average molecular weight is 478 g/mol. The molecule has 2 amide bonds. The third-order valence-corrected chi connectivity index (χ3v) is 6.64. The standard InChI is InChI=1S/C25H23N3O5S/c29-22(30)15-27(20-9-5-2-6-10-20)23(31)21-17-34-24(19-11-13-26-14-12-19)28(21)25(32)33-16-18-7-3-1-4-8-18/h1-14,21,24H,15-17H2,(H,29,30). The lowest BCUT2D eigenvalue weighted by molar-refractivity contribution is -0.137. The van der Waals surface area contributed by atoms with E-state index >= 15 is 0 Å². The Labute approximate surface area is 201 Å². The van der Waals surface area contributed by atoms with Crippen LogP contribution in [-0.2, 0) is 20.9 Å². The van der Waals surface area contributed by atoms with Crippen molar-refractivity contribution in [3.8, 4) is 0 Å². The number of benzene rings is 2. The monoisotopic (exact) mass is 477 g/mol. The van der Waals surface area contributed by atoms with Crippen molar-refractivity contribution < 1.29 is 24.2 Å². The maximum Gasteiger partial charge on any atom is 0.412 e. The molecule has 2 aromatic carbocycles. The number of thioether (sulfide) groups is 1. The van der Waals surface area contributed by atoms with Crippen molar-refractivity contribution in [2.45, 2.75) is 18.0 Å². The molecule has 174 valence electrons. The highest BCUT2D eigenvalue weighted by molar-refractivity contribution is 7.99. The van der Waals surface area contributed by atoms with Gasteiger partial charge in [0, 0.05) is 23.8 Å². The van der Waals surface area contributed by atoms with Gasteiger partial charge in [-0.15, -0.1) is 11.8 Å². The van der Waals surface area contributed by atoms with E-state index in [1.807, 2.05) is 30.3 Å². The second-order valence-corrected chi connectivity index (χ2v) is 8.70. The summed E-state index contributed by atoms with van der Waals surface area (Å²) in [6.45, 7) is -0.459. The Bertz CT molecular complexity index is 1130. The molecule has 1 N–H and O–H groups in total. The fraction of sp³-hybridized carbons (Fsp3) is 0.200. The molecule has 0 saturated carbocycles. The van der Waals surface area contributed by atoms with Gasteiger partial charge in [0.2, 0.25) is 0 Å². The van der Waals surface area contributed by atoms with Gasteiger partial charge in [-0.2, -0.15) is 0 Å². The number of carboxylic acids is 1.